The quantitative estimate of drug-likeness (QED) is 0.784. The maximum absolute atomic E-state index is 10.1. The van der Waals surface area contributed by atoms with Crippen molar-refractivity contribution in [1.82, 2.24) is 0 Å². The first-order chi connectivity index (χ1) is 7.66. The molecule has 16 heavy (non-hydrogen) atoms. The number of anilines is 1. The molecule has 0 aromatic heterocycles. The van der Waals surface area contributed by atoms with E-state index in [0.29, 0.717) is 10.7 Å². The van der Waals surface area contributed by atoms with Gasteiger partial charge in [0.2, 0.25) is 0 Å². The summed E-state index contributed by atoms with van der Waals surface area (Å²) in [5, 5.41) is 10.8. The predicted molar refractivity (Wildman–Crippen MR) is 66.4 cm³/mol. The smallest absolute Gasteiger partial charge is 0.104 e. The molecule has 3 N–H and O–H groups in total. The third-order valence-corrected chi connectivity index (χ3v) is 2.69. The van der Waals surface area contributed by atoms with E-state index in [4.69, 9.17) is 17.3 Å². The van der Waals surface area contributed by atoms with Crippen molar-refractivity contribution in [2.75, 3.05) is 5.73 Å². The number of hydrogen-bond donors (Lipinski definition) is 2. The molecule has 0 saturated heterocycles. The zero-order valence-electron chi connectivity index (χ0n) is 8.60. The van der Waals surface area contributed by atoms with Gasteiger partial charge in [0.15, 0.2) is 0 Å². The van der Waals surface area contributed by atoms with Gasteiger partial charge in [0.05, 0.1) is 0 Å². The summed E-state index contributed by atoms with van der Waals surface area (Å²) < 4.78 is 0. The first kappa shape index (κ1) is 11.0. The van der Waals surface area contributed by atoms with E-state index in [9.17, 15) is 5.11 Å². The van der Waals surface area contributed by atoms with E-state index in [1.165, 1.54) is 0 Å². The molecule has 0 aliphatic carbocycles. The van der Waals surface area contributed by atoms with Crippen molar-refractivity contribution in [3.63, 3.8) is 0 Å². The lowest BCUT2D eigenvalue weighted by Crippen LogP contribution is -1.99. The number of aliphatic hydroxyl groups excluding tert-OH is 1. The highest BCUT2D eigenvalue weighted by atomic mass is 35.5. The monoisotopic (exact) mass is 233 g/mol. The molecule has 2 aromatic carbocycles. The van der Waals surface area contributed by atoms with Crippen LogP contribution in [0.4, 0.5) is 5.69 Å². The lowest BCUT2D eigenvalue weighted by atomic mass is 10.0. The molecule has 0 aliphatic rings. The normalized spacial score (nSPS) is 12.4. The summed E-state index contributed by atoms with van der Waals surface area (Å²) in [5.41, 5.74) is 7.90. The molecule has 0 saturated carbocycles. The second-order valence-corrected chi connectivity index (χ2v) is 4.06. The summed E-state index contributed by atoms with van der Waals surface area (Å²) in [6.07, 6.45) is -0.641. The Morgan fingerprint density at radius 2 is 1.31 bits per heavy atom. The van der Waals surface area contributed by atoms with Gasteiger partial charge in [0.1, 0.15) is 6.10 Å². The van der Waals surface area contributed by atoms with Gasteiger partial charge in [-0.2, -0.15) is 0 Å². The Bertz CT molecular complexity index is 419. The Kier molecular flexibility index (Phi) is 3.13. The lowest BCUT2D eigenvalue weighted by molar-refractivity contribution is 0.220. The Morgan fingerprint density at radius 1 is 0.875 bits per heavy atom. The van der Waals surface area contributed by atoms with E-state index >= 15 is 0 Å². The standard InChI is InChI=1S/C13H12ClNO/c14-11-5-1-9(2-6-11)13(16)10-3-7-12(15)8-4-10/h1-8,13,16H,15H2. The van der Waals surface area contributed by atoms with Crippen LogP contribution in [-0.4, -0.2) is 5.11 Å². The van der Waals surface area contributed by atoms with Crippen LogP contribution >= 0.6 is 11.6 Å². The van der Waals surface area contributed by atoms with Gasteiger partial charge in [-0.3, -0.25) is 0 Å². The van der Waals surface area contributed by atoms with Gasteiger partial charge in [-0.15, -0.1) is 0 Å². The lowest BCUT2D eigenvalue weighted by Gasteiger charge is -2.11. The van der Waals surface area contributed by atoms with Crippen molar-refractivity contribution >= 4 is 17.3 Å². The second kappa shape index (κ2) is 4.56. The topological polar surface area (TPSA) is 46.2 Å². The number of rotatable bonds is 2. The maximum Gasteiger partial charge on any atom is 0.104 e. The minimum atomic E-state index is -0.641. The van der Waals surface area contributed by atoms with Crippen molar-refractivity contribution < 1.29 is 5.11 Å². The number of halogens is 1. The zero-order chi connectivity index (χ0) is 11.5. The third-order valence-electron chi connectivity index (χ3n) is 2.44. The minimum Gasteiger partial charge on any atom is -0.399 e. The largest absolute Gasteiger partial charge is 0.399 e. The van der Waals surface area contributed by atoms with Crippen LogP contribution in [0.2, 0.25) is 5.02 Å². The molecule has 0 bridgehead atoms. The molecule has 0 fully saturated rings. The fourth-order valence-corrected chi connectivity index (χ4v) is 1.64. The average molecular weight is 234 g/mol. The Hall–Kier alpha value is -1.51. The van der Waals surface area contributed by atoms with E-state index in [-0.39, 0.29) is 0 Å². The van der Waals surface area contributed by atoms with Crippen LogP contribution in [0.5, 0.6) is 0 Å². The first-order valence-electron chi connectivity index (χ1n) is 4.96. The van der Waals surface area contributed by atoms with Crippen LogP contribution in [0, 0.1) is 0 Å². The highest BCUT2D eigenvalue weighted by Gasteiger charge is 2.09. The molecule has 3 heteroatoms. The van der Waals surface area contributed by atoms with Crippen LogP contribution < -0.4 is 5.73 Å². The van der Waals surface area contributed by atoms with Crippen molar-refractivity contribution in [3.8, 4) is 0 Å². The van der Waals surface area contributed by atoms with E-state index in [2.05, 4.69) is 0 Å². The average Bonchev–Trinajstić information content (AvgIpc) is 2.30. The van der Waals surface area contributed by atoms with Gasteiger partial charge < -0.3 is 10.8 Å². The third kappa shape index (κ3) is 2.35. The fraction of sp³-hybridized carbons (Fsp3) is 0.0769. The van der Waals surface area contributed by atoms with Crippen LogP contribution in [0.3, 0.4) is 0 Å². The van der Waals surface area contributed by atoms with E-state index in [1.54, 1.807) is 24.3 Å². The number of nitrogen functional groups attached to an aromatic ring is 1. The maximum atomic E-state index is 10.1. The van der Waals surface area contributed by atoms with E-state index < -0.39 is 6.10 Å². The fourth-order valence-electron chi connectivity index (χ4n) is 1.52. The van der Waals surface area contributed by atoms with Crippen molar-refractivity contribution in [2.24, 2.45) is 0 Å². The van der Waals surface area contributed by atoms with Gasteiger partial charge in [-0.25, -0.2) is 0 Å². The van der Waals surface area contributed by atoms with Crippen molar-refractivity contribution in [3.05, 3.63) is 64.7 Å². The molecule has 2 rings (SSSR count). The van der Waals surface area contributed by atoms with Crippen LogP contribution in [0.15, 0.2) is 48.5 Å². The molecule has 0 aliphatic heterocycles. The van der Waals surface area contributed by atoms with Crippen LogP contribution in [-0.2, 0) is 0 Å². The number of nitrogens with two attached hydrogens (primary N) is 1. The zero-order valence-corrected chi connectivity index (χ0v) is 9.35. The summed E-state index contributed by atoms with van der Waals surface area (Å²) in [6, 6.07) is 14.3. The Balaban J connectivity index is 2.28. The number of hydrogen-bond acceptors (Lipinski definition) is 2. The summed E-state index contributed by atoms with van der Waals surface area (Å²) in [5.74, 6) is 0. The summed E-state index contributed by atoms with van der Waals surface area (Å²) in [4.78, 5) is 0. The highest BCUT2D eigenvalue weighted by molar-refractivity contribution is 6.30. The Morgan fingerprint density at radius 3 is 1.81 bits per heavy atom. The molecular weight excluding hydrogens is 222 g/mol. The molecule has 0 heterocycles. The molecule has 1 atom stereocenters. The molecule has 1 unspecified atom stereocenters. The highest BCUT2D eigenvalue weighted by Crippen LogP contribution is 2.23. The number of benzene rings is 2. The van der Waals surface area contributed by atoms with Crippen LogP contribution in [0.25, 0.3) is 0 Å². The van der Waals surface area contributed by atoms with E-state index in [0.717, 1.165) is 11.1 Å². The van der Waals surface area contributed by atoms with Gasteiger partial charge in [0, 0.05) is 10.7 Å². The van der Waals surface area contributed by atoms with Gasteiger partial charge in [-0.05, 0) is 35.4 Å². The van der Waals surface area contributed by atoms with Gasteiger partial charge >= 0.3 is 0 Å². The molecular formula is C13H12ClNO. The van der Waals surface area contributed by atoms with Gasteiger partial charge in [-0.1, -0.05) is 35.9 Å². The second-order valence-electron chi connectivity index (χ2n) is 3.62. The molecule has 2 aromatic rings. The summed E-state index contributed by atoms with van der Waals surface area (Å²) >= 11 is 5.78. The van der Waals surface area contributed by atoms with E-state index in [1.807, 2.05) is 24.3 Å². The van der Waals surface area contributed by atoms with Gasteiger partial charge in [0.25, 0.3) is 0 Å². The summed E-state index contributed by atoms with van der Waals surface area (Å²) in [6.45, 7) is 0. The molecule has 82 valence electrons. The van der Waals surface area contributed by atoms with Crippen molar-refractivity contribution in [2.45, 2.75) is 6.10 Å². The SMILES string of the molecule is Nc1ccc(C(O)c2ccc(Cl)cc2)cc1. The minimum absolute atomic E-state index is 0.641. The molecule has 2 nitrogen and oxygen atoms in total. The molecule has 0 radical (unpaired) electrons. The molecule has 0 amide bonds. The predicted octanol–water partition coefficient (Wildman–Crippen LogP) is 3.00. The number of aliphatic hydroxyl groups is 1. The van der Waals surface area contributed by atoms with Crippen LogP contribution in [0.1, 0.15) is 17.2 Å². The molecule has 0 spiro atoms. The van der Waals surface area contributed by atoms with Crippen molar-refractivity contribution in [1.29, 1.82) is 0 Å². The summed E-state index contributed by atoms with van der Waals surface area (Å²) in [7, 11) is 0. The first-order valence-corrected chi connectivity index (χ1v) is 5.33. The Labute approximate surface area is 99.3 Å².